The average Bonchev–Trinajstić information content (AvgIpc) is 3.09. The normalized spacial score (nSPS) is 15.9. The number of carbonyl (C=O) groups excluding carboxylic acids is 1. The van der Waals surface area contributed by atoms with E-state index in [1.54, 1.807) is 0 Å². The molecule has 1 aromatic carbocycles. The molecule has 1 aromatic heterocycles. The van der Waals surface area contributed by atoms with E-state index in [9.17, 15) is 4.79 Å². The largest absolute Gasteiger partial charge is 0.451 e. The molecular formula is C17H21NO2. The summed E-state index contributed by atoms with van der Waals surface area (Å²) in [5, 5.41) is 1.04. The van der Waals surface area contributed by atoms with Crippen LogP contribution in [0, 0.1) is 6.92 Å². The zero-order valence-corrected chi connectivity index (χ0v) is 12.2. The van der Waals surface area contributed by atoms with E-state index in [1.165, 1.54) is 12.8 Å². The molecule has 1 heterocycles. The summed E-state index contributed by atoms with van der Waals surface area (Å²) in [6.45, 7) is 4.77. The number of nitrogens with zero attached hydrogens (tertiary/aromatic N) is 1. The molecule has 0 spiro atoms. The molecule has 20 heavy (non-hydrogen) atoms. The van der Waals surface area contributed by atoms with Gasteiger partial charge in [0.2, 0.25) is 0 Å². The number of fused-ring (bicyclic) bond motifs is 1. The summed E-state index contributed by atoms with van der Waals surface area (Å²) in [7, 11) is 0. The van der Waals surface area contributed by atoms with Gasteiger partial charge in [0.05, 0.1) is 0 Å². The highest BCUT2D eigenvalue weighted by molar-refractivity contribution is 5.99. The lowest BCUT2D eigenvalue weighted by Gasteiger charge is -2.26. The second-order valence-corrected chi connectivity index (χ2v) is 5.58. The minimum atomic E-state index is 0.0492. The number of carbonyl (C=O) groups is 1. The third-order valence-electron chi connectivity index (χ3n) is 4.40. The number of furan rings is 1. The Morgan fingerprint density at radius 1 is 1.30 bits per heavy atom. The Balaban J connectivity index is 1.96. The highest BCUT2D eigenvalue weighted by atomic mass is 16.3. The molecule has 0 saturated heterocycles. The summed E-state index contributed by atoms with van der Waals surface area (Å²) in [5.74, 6) is 0.563. The van der Waals surface area contributed by atoms with E-state index in [0.29, 0.717) is 11.8 Å². The first-order valence-corrected chi connectivity index (χ1v) is 7.51. The van der Waals surface area contributed by atoms with E-state index < -0.39 is 0 Å². The fourth-order valence-electron chi connectivity index (χ4n) is 3.29. The molecule has 1 fully saturated rings. The smallest absolute Gasteiger partial charge is 0.290 e. The van der Waals surface area contributed by atoms with Gasteiger partial charge in [0.1, 0.15) is 5.58 Å². The molecule has 3 heteroatoms. The molecule has 3 rings (SSSR count). The Labute approximate surface area is 119 Å². The zero-order valence-electron chi connectivity index (χ0n) is 12.2. The van der Waals surface area contributed by atoms with Gasteiger partial charge in [0.15, 0.2) is 5.76 Å². The van der Waals surface area contributed by atoms with Crippen LogP contribution in [0.4, 0.5) is 0 Å². The molecule has 1 saturated carbocycles. The van der Waals surface area contributed by atoms with Gasteiger partial charge < -0.3 is 9.32 Å². The van der Waals surface area contributed by atoms with E-state index >= 15 is 0 Å². The maximum atomic E-state index is 12.8. The number of rotatable bonds is 3. The monoisotopic (exact) mass is 271 g/mol. The molecule has 0 unspecified atom stereocenters. The van der Waals surface area contributed by atoms with Gasteiger partial charge in [-0.1, -0.05) is 31.0 Å². The maximum absolute atomic E-state index is 12.8. The molecule has 1 amide bonds. The first-order chi connectivity index (χ1) is 9.72. The van der Waals surface area contributed by atoms with Gasteiger partial charge in [-0.25, -0.2) is 0 Å². The van der Waals surface area contributed by atoms with Crippen LogP contribution in [0.2, 0.25) is 0 Å². The van der Waals surface area contributed by atoms with Crippen molar-refractivity contribution in [2.75, 3.05) is 6.54 Å². The SMILES string of the molecule is CCN(C(=O)c1oc2ccccc2c1C)C1CCCC1. The predicted octanol–water partition coefficient (Wildman–Crippen LogP) is 4.15. The van der Waals surface area contributed by atoms with E-state index in [2.05, 4.69) is 0 Å². The Morgan fingerprint density at radius 3 is 2.65 bits per heavy atom. The van der Waals surface area contributed by atoms with Gasteiger partial charge in [0.25, 0.3) is 5.91 Å². The van der Waals surface area contributed by atoms with Gasteiger partial charge in [-0.15, -0.1) is 0 Å². The van der Waals surface area contributed by atoms with Crippen LogP contribution in [0.15, 0.2) is 28.7 Å². The lowest BCUT2D eigenvalue weighted by atomic mass is 10.1. The van der Waals surface area contributed by atoms with Crippen LogP contribution in [0.5, 0.6) is 0 Å². The van der Waals surface area contributed by atoms with Gasteiger partial charge in [-0.05, 0) is 32.8 Å². The summed E-state index contributed by atoms with van der Waals surface area (Å²) >= 11 is 0. The standard InChI is InChI=1S/C17H21NO2/c1-3-18(13-8-4-5-9-13)17(19)16-12(2)14-10-6-7-11-15(14)20-16/h6-7,10-11,13H,3-5,8-9H2,1-2H3. The van der Waals surface area contributed by atoms with Crippen molar-refractivity contribution in [1.29, 1.82) is 0 Å². The van der Waals surface area contributed by atoms with E-state index in [1.807, 2.05) is 43.0 Å². The first kappa shape index (κ1) is 13.2. The minimum absolute atomic E-state index is 0.0492. The van der Waals surface area contributed by atoms with Crippen LogP contribution in [-0.4, -0.2) is 23.4 Å². The highest BCUT2D eigenvalue weighted by Crippen LogP contribution is 2.29. The Bertz CT molecular complexity index is 623. The van der Waals surface area contributed by atoms with Crippen LogP contribution in [0.1, 0.15) is 48.7 Å². The number of para-hydroxylation sites is 1. The molecule has 3 nitrogen and oxygen atoms in total. The fourth-order valence-corrected chi connectivity index (χ4v) is 3.29. The second-order valence-electron chi connectivity index (χ2n) is 5.58. The van der Waals surface area contributed by atoms with Crippen molar-refractivity contribution in [2.24, 2.45) is 0 Å². The average molecular weight is 271 g/mol. The van der Waals surface area contributed by atoms with Crippen molar-refractivity contribution >= 4 is 16.9 Å². The Hall–Kier alpha value is -1.77. The van der Waals surface area contributed by atoms with Crippen molar-refractivity contribution in [3.8, 4) is 0 Å². The summed E-state index contributed by atoms with van der Waals surface area (Å²) in [5.41, 5.74) is 1.76. The molecule has 1 aliphatic carbocycles. The van der Waals surface area contributed by atoms with Crippen molar-refractivity contribution < 1.29 is 9.21 Å². The van der Waals surface area contributed by atoms with Crippen molar-refractivity contribution in [1.82, 2.24) is 4.90 Å². The molecule has 2 aromatic rings. The van der Waals surface area contributed by atoms with Crippen LogP contribution < -0.4 is 0 Å². The molecule has 0 bridgehead atoms. The zero-order chi connectivity index (χ0) is 14.1. The number of hydrogen-bond acceptors (Lipinski definition) is 2. The van der Waals surface area contributed by atoms with E-state index in [-0.39, 0.29) is 5.91 Å². The van der Waals surface area contributed by atoms with Gasteiger partial charge in [-0.3, -0.25) is 4.79 Å². The highest BCUT2D eigenvalue weighted by Gasteiger charge is 2.29. The quantitative estimate of drug-likeness (QED) is 0.840. The maximum Gasteiger partial charge on any atom is 0.290 e. The first-order valence-electron chi connectivity index (χ1n) is 7.51. The number of benzene rings is 1. The second kappa shape index (κ2) is 5.31. The molecule has 0 radical (unpaired) electrons. The Morgan fingerprint density at radius 2 is 2.00 bits per heavy atom. The van der Waals surface area contributed by atoms with Crippen molar-refractivity contribution in [2.45, 2.75) is 45.6 Å². The summed E-state index contributed by atoms with van der Waals surface area (Å²) < 4.78 is 5.81. The molecule has 1 aliphatic rings. The van der Waals surface area contributed by atoms with E-state index in [0.717, 1.165) is 35.9 Å². The van der Waals surface area contributed by atoms with Crippen molar-refractivity contribution in [3.05, 3.63) is 35.6 Å². The Kier molecular flexibility index (Phi) is 3.51. The molecule has 0 aliphatic heterocycles. The van der Waals surface area contributed by atoms with Crippen molar-refractivity contribution in [3.63, 3.8) is 0 Å². The van der Waals surface area contributed by atoms with Crippen LogP contribution in [0.25, 0.3) is 11.0 Å². The van der Waals surface area contributed by atoms with Crippen LogP contribution in [0.3, 0.4) is 0 Å². The lowest BCUT2D eigenvalue weighted by Crippen LogP contribution is -2.38. The summed E-state index contributed by atoms with van der Waals surface area (Å²) in [4.78, 5) is 14.8. The lowest BCUT2D eigenvalue weighted by molar-refractivity contribution is 0.0662. The topological polar surface area (TPSA) is 33.5 Å². The molecule has 106 valence electrons. The summed E-state index contributed by atoms with van der Waals surface area (Å²) in [6, 6.07) is 8.24. The number of aryl methyl sites for hydroxylation is 1. The molecular weight excluding hydrogens is 250 g/mol. The third-order valence-corrected chi connectivity index (χ3v) is 4.40. The fraction of sp³-hybridized carbons (Fsp3) is 0.471. The summed E-state index contributed by atoms with van der Waals surface area (Å²) in [6.07, 6.45) is 4.71. The van der Waals surface area contributed by atoms with Crippen LogP contribution in [-0.2, 0) is 0 Å². The van der Waals surface area contributed by atoms with Gasteiger partial charge in [0, 0.05) is 23.5 Å². The minimum Gasteiger partial charge on any atom is -0.451 e. The third kappa shape index (κ3) is 2.11. The number of amides is 1. The van der Waals surface area contributed by atoms with Gasteiger partial charge >= 0.3 is 0 Å². The van der Waals surface area contributed by atoms with E-state index in [4.69, 9.17) is 4.42 Å². The molecule has 0 atom stereocenters. The van der Waals surface area contributed by atoms with Gasteiger partial charge in [-0.2, -0.15) is 0 Å². The molecule has 0 N–H and O–H groups in total. The number of hydrogen-bond donors (Lipinski definition) is 0. The predicted molar refractivity (Wildman–Crippen MR) is 79.9 cm³/mol. The van der Waals surface area contributed by atoms with Crippen LogP contribution >= 0.6 is 0 Å².